The van der Waals surface area contributed by atoms with Crippen LogP contribution in [0.3, 0.4) is 0 Å². The molecule has 2 aromatic rings. The minimum absolute atomic E-state index is 0. The van der Waals surface area contributed by atoms with E-state index in [-0.39, 0.29) is 16.5 Å². The van der Waals surface area contributed by atoms with E-state index in [1.165, 1.54) is 228 Å². The summed E-state index contributed by atoms with van der Waals surface area (Å²) in [6, 6.07) is 10.3. The van der Waals surface area contributed by atoms with E-state index in [4.69, 9.17) is 0 Å². The van der Waals surface area contributed by atoms with Crippen LogP contribution in [0.4, 0.5) is 0 Å². The molecule has 1 aliphatic heterocycles. The summed E-state index contributed by atoms with van der Waals surface area (Å²) in [6.45, 7) is 28.7. The Kier molecular flexibility index (Phi) is 43.4. The summed E-state index contributed by atoms with van der Waals surface area (Å²) in [6.07, 6.45) is 47.6. The van der Waals surface area contributed by atoms with Crippen LogP contribution in [0.2, 0.25) is 0 Å². The summed E-state index contributed by atoms with van der Waals surface area (Å²) in [7, 11) is 0. The average molecular weight is 994 g/mol. The van der Waals surface area contributed by atoms with Gasteiger partial charge in [0, 0.05) is 22.3 Å². The van der Waals surface area contributed by atoms with E-state index in [1.807, 2.05) is 0 Å². The Labute approximate surface area is 442 Å². The van der Waals surface area contributed by atoms with Gasteiger partial charge in [-0.25, -0.2) is 4.70 Å². The first-order valence-electron chi connectivity index (χ1n) is 30.1. The molecule has 0 saturated heterocycles. The monoisotopic (exact) mass is 993 g/mol. The standard InChI is InChI=1S/C62H104N2.2C2H5.Ni/c1-9-17-25-30-32-37-45-59-60(46-38-33-31-26-18-10-2)62(64(63)61(59)55-47-51(39-22-14-6)57(43-24-16-8)52(48-55)40-23-15-7)56-49-53(41-34-27-19-11-3)58(44-36-29-21-13-5)54(50-56)42-35-28-20-12-4;2*1-2;/h47-50H,9-46H2,1-8H3;2*1H2,2H3;/q;2*-1;+2. The Hall–Kier alpha value is -1.99. The van der Waals surface area contributed by atoms with E-state index in [0.717, 1.165) is 49.9 Å². The van der Waals surface area contributed by atoms with Crippen molar-refractivity contribution in [3.63, 3.8) is 0 Å². The first kappa shape index (κ1) is 67.0. The van der Waals surface area contributed by atoms with Crippen LogP contribution < -0.4 is 0 Å². The topological polar surface area (TPSA) is 25.3 Å². The molecule has 0 unspecified atom stereocenters. The van der Waals surface area contributed by atoms with Gasteiger partial charge in [-0.1, -0.05) is 197 Å². The average Bonchev–Trinajstić information content (AvgIpc) is 3.64. The number of hydrogen-bond donors (Lipinski definition) is 0. The molecule has 0 aliphatic carbocycles. The van der Waals surface area contributed by atoms with Gasteiger partial charge < -0.3 is 19.4 Å². The smallest absolute Gasteiger partial charge is 0.493 e. The van der Waals surface area contributed by atoms with Crippen molar-refractivity contribution in [3.05, 3.63) is 99.3 Å². The molecule has 0 bridgehead atoms. The van der Waals surface area contributed by atoms with Crippen molar-refractivity contribution in [1.82, 2.24) is 0 Å². The largest absolute Gasteiger partial charge is 2.00 e. The maximum atomic E-state index is 13.2. The Morgan fingerprint density at radius 2 is 0.522 bits per heavy atom. The minimum Gasteiger partial charge on any atom is -0.493 e. The molecule has 0 spiro atoms. The first-order valence-corrected chi connectivity index (χ1v) is 30.1. The summed E-state index contributed by atoms with van der Waals surface area (Å²) in [5, 5.41) is 0. The van der Waals surface area contributed by atoms with E-state index >= 15 is 0 Å². The SMILES string of the molecule is CCCCCCCCC1=C(c2cc(CCCC)c(CCCC)c(CCCC)c2)[N+](=[N-])C(c2cc(CCCCCC)c(CCCCCC)c(CCCCCC)c2)=C1CCCCCCCC.[CH2-]C.[CH2-]C.[Ni+2]. The van der Waals surface area contributed by atoms with Crippen molar-refractivity contribution in [2.24, 2.45) is 0 Å². The van der Waals surface area contributed by atoms with Gasteiger partial charge in [0.1, 0.15) is 0 Å². The van der Waals surface area contributed by atoms with Crippen LogP contribution in [0, 0.1) is 13.8 Å². The van der Waals surface area contributed by atoms with E-state index < -0.39 is 0 Å². The van der Waals surface area contributed by atoms with E-state index in [0.29, 0.717) is 0 Å². The van der Waals surface area contributed by atoms with Gasteiger partial charge in [-0.05, 0) is 160 Å². The van der Waals surface area contributed by atoms with Crippen molar-refractivity contribution in [1.29, 1.82) is 0 Å². The minimum atomic E-state index is 0. The van der Waals surface area contributed by atoms with Crippen molar-refractivity contribution in [2.45, 2.75) is 313 Å². The van der Waals surface area contributed by atoms with E-state index in [1.54, 1.807) is 51.9 Å². The summed E-state index contributed by atoms with van der Waals surface area (Å²) in [5.74, 6) is 0. The van der Waals surface area contributed by atoms with Gasteiger partial charge in [0.2, 0.25) is 11.4 Å². The molecule has 2 nitrogen and oxygen atoms in total. The second-order valence-corrected chi connectivity index (χ2v) is 20.3. The van der Waals surface area contributed by atoms with E-state index in [9.17, 15) is 5.53 Å². The quantitative estimate of drug-likeness (QED) is 0.0275. The van der Waals surface area contributed by atoms with Crippen molar-refractivity contribution < 1.29 is 21.2 Å². The molecule has 0 saturated carbocycles. The second kappa shape index (κ2) is 44.7. The van der Waals surface area contributed by atoms with Gasteiger partial charge in [-0.3, -0.25) is 0 Å². The van der Waals surface area contributed by atoms with Crippen LogP contribution in [0.25, 0.3) is 16.9 Å². The van der Waals surface area contributed by atoms with Gasteiger partial charge in [0.15, 0.2) is 0 Å². The number of benzene rings is 2. The van der Waals surface area contributed by atoms with Gasteiger partial charge in [-0.15, -0.1) is 0 Å². The fourth-order valence-corrected chi connectivity index (χ4v) is 10.7. The molecule has 0 fully saturated rings. The van der Waals surface area contributed by atoms with Crippen LogP contribution in [0.1, 0.15) is 319 Å². The zero-order chi connectivity index (χ0) is 50.2. The third-order valence-electron chi connectivity index (χ3n) is 14.6. The normalized spacial score (nSPS) is 12.3. The maximum absolute atomic E-state index is 13.2. The molecule has 1 aliphatic rings. The number of hydrogen-bond acceptors (Lipinski definition) is 0. The number of nitrogens with zero attached hydrogens (tertiary/aromatic N) is 2. The Bertz CT molecular complexity index is 1580. The molecule has 2 aromatic carbocycles. The Morgan fingerprint density at radius 3 is 0.841 bits per heavy atom. The molecule has 0 amide bonds. The maximum Gasteiger partial charge on any atom is 2.00 e. The van der Waals surface area contributed by atoms with E-state index in [2.05, 4.69) is 93.5 Å². The fraction of sp³-hybridized carbons (Fsp3) is 0.727. The number of allylic oxidation sites excluding steroid dienone is 2. The van der Waals surface area contributed by atoms with Gasteiger partial charge in [-0.2, -0.15) is 13.8 Å². The molecule has 3 heteroatoms. The molecule has 0 aromatic heterocycles. The predicted octanol–water partition coefficient (Wildman–Crippen LogP) is 22.4. The summed E-state index contributed by atoms with van der Waals surface area (Å²) in [5.41, 5.74) is 30.6. The zero-order valence-corrected chi connectivity index (χ0v) is 48.8. The molecule has 69 heavy (non-hydrogen) atoms. The molecule has 398 valence electrons. The number of unbranched alkanes of at least 4 members (excludes halogenated alkanes) is 22. The zero-order valence-electron chi connectivity index (χ0n) is 47.8. The summed E-state index contributed by atoms with van der Waals surface area (Å²) in [4.78, 5) is 0. The van der Waals surface area contributed by atoms with Crippen LogP contribution in [0.15, 0.2) is 35.4 Å². The Balaban J connectivity index is 0.00000900. The molecular weight excluding hydrogens is 879 g/mol. The predicted molar refractivity (Wildman–Crippen MR) is 308 cm³/mol. The molecular formula is C66H114N2Ni. The van der Waals surface area contributed by atoms with Crippen LogP contribution in [-0.4, -0.2) is 4.70 Å². The fourth-order valence-electron chi connectivity index (χ4n) is 10.7. The molecule has 0 atom stereocenters. The molecule has 0 N–H and O–H groups in total. The molecule has 1 heterocycles. The van der Waals surface area contributed by atoms with Crippen molar-refractivity contribution in [3.8, 4) is 0 Å². The second-order valence-electron chi connectivity index (χ2n) is 20.3. The van der Waals surface area contributed by atoms with Gasteiger partial charge in [0.05, 0.1) is 0 Å². The van der Waals surface area contributed by atoms with Crippen molar-refractivity contribution in [2.75, 3.05) is 0 Å². The first-order chi connectivity index (χ1) is 33.4. The van der Waals surface area contributed by atoms with Crippen LogP contribution in [0.5, 0.6) is 0 Å². The number of rotatable bonds is 40. The molecule has 3 rings (SSSR count). The van der Waals surface area contributed by atoms with Gasteiger partial charge in [0.25, 0.3) is 0 Å². The third kappa shape index (κ3) is 25.0. The Morgan fingerprint density at radius 1 is 0.304 bits per heavy atom. The number of aryl methyl sites for hydroxylation is 4. The molecule has 0 radical (unpaired) electrons. The van der Waals surface area contributed by atoms with Crippen LogP contribution in [-0.2, 0) is 55.0 Å². The van der Waals surface area contributed by atoms with Gasteiger partial charge >= 0.3 is 16.5 Å². The van der Waals surface area contributed by atoms with Crippen molar-refractivity contribution >= 4 is 11.4 Å². The van der Waals surface area contributed by atoms with Crippen LogP contribution >= 0.6 is 0 Å². The third-order valence-corrected chi connectivity index (χ3v) is 14.6. The summed E-state index contributed by atoms with van der Waals surface area (Å²) >= 11 is 0. The summed E-state index contributed by atoms with van der Waals surface area (Å²) < 4.78 is 1.78.